The molecule has 2 rings (SSSR count). The fourth-order valence-electron chi connectivity index (χ4n) is 2.99. The van der Waals surface area contributed by atoms with E-state index >= 15 is 0 Å². The smallest absolute Gasteiger partial charge is 0.317 e. The van der Waals surface area contributed by atoms with Gasteiger partial charge >= 0.3 is 5.97 Å². The number of hydrogen-bond donors (Lipinski definition) is 1. The van der Waals surface area contributed by atoms with Crippen LogP contribution in [-0.4, -0.2) is 61.4 Å². The first-order valence-electron chi connectivity index (χ1n) is 7.71. The van der Waals surface area contributed by atoms with E-state index in [1.54, 1.807) is 24.9 Å². The molecule has 23 heavy (non-hydrogen) atoms. The predicted molar refractivity (Wildman–Crippen MR) is 88.0 cm³/mol. The van der Waals surface area contributed by atoms with Crippen LogP contribution in [0.5, 0.6) is 0 Å². The van der Waals surface area contributed by atoms with Crippen LogP contribution in [0.25, 0.3) is 0 Å². The highest BCUT2D eigenvalue weighted by Gasteiger charge is 2.31. The Morgan fingerprint density at radius 2 is 1.91 bits per heavy atom. The van der Waals surface area contributed by atoms with Gasteiger partial charge in [0, 0.05) is 19.1 Å². The van der Waals surface area contributed by atoms with Crippen LogP contribution in [0.3, 0.4) is 0 Å². The van der Waals surface area contributed by atoms with Crippen molar-refractivity contribution in [3.63, 3.8) is 0 Å². The molecule has 6 nitrogen and oxygen atoms in total. The average molecular weight is 340 g/mol. The average Bonchev–Trinajstić information content (AvgIpc) is 2.49. The number of sulfonamides is 1. The number of piperidine rings is 1. The zero-order valence-corrected chi connectivity index (χ0v) is 14.6. The highest BCUT2D eigenvalue weighted by molar-refractivity contribution is 7.89. The molecule has 0 unspecified atom stereocenters. The van der Waals surface area contributed by atoms with E-state index in [1.165, 1.54) is 4.31 Å². The first-order valence-corrected chi connectivity index (χ1v) is 9.15. The van der Waals surface area contributed by atoms with Gasteiger partial charge in [0.15, 0.2) is 0 Å². The van der Waals surface area contributed by atoms with Gasteiger partial charge in [-0.3, -0.25) is 9.69 Å². The highest BCUT2D eigenvalue weighted by atomic mass is 32.2. The molecule has 0 spiro atoms. The van der Waals surface area contributed by atoms with Crippen molar-refractivity contribution in [1.29, 1.82) is 0 Å². The van der Waals surface area contributed by atoms with Gasteiger partial charge in [-0.1, -0.05) is 12.1 Å². The Kier molecular flexibility index (Phi) is 5.44. The molecule has 1 fully saturated rings. The van der Waals surface area contributed by atoms with E-state index in [-0.39, 0.29) is 12.6 Å². The van der Waals surface area contributed by atoms with Crippen molar-refractivity contribution in [2.45, 2.75) is 37.6 Å². The van der Waals surface area contributed by atoms with E-state index in [2.05, 4.69) is 0 Å². The van der Waals surface area contributed by atoms with Crippen molar-refractivity contribution in [3.05, 3.63) is 29.3 Å². The second kappa shape index (κ2) is 6.98. The van der Waals surface area contributed by atoms with Gasteiger partial charge in [-0.25, -0.2) is 8.42 Å². The molecule has 0 atom stereocenters. The van der Waals surface area contributed by atoms with E-state index in [4.69, 9.17) is 5.11 Å². The quantitative estimate of drug-likeness (QED) is 0.878. The molecule has 1 aromatic carbocycles. The summed E-state index contributed by atoms with van der Waals surface area (Å²) in [5.41, 5.74) is 1.67. The van der Waals surface area contributed by atoms with Crippen LogP contribution >= 0.6 is 0 Å². The van der Waals surface area contributed by atoms with Gasteiger partial charge in [0.05, 0.1) is 11.4 Å². The molecule has 0 radical (unpaired) electrons. The SMILES string of the molecule is Cc1ccc(C)c(S(=O)(=O)N2CCC(N(C)CC(=O)O)CC2)c1. The van der Waals surface area contributed by atoms with E-state index in [0.717, 1.165) is 11.1 Å². The second-order valence-electron chi connectivity index (χ2n) is 6.21. The molecule has 1 aromatic rings. The molecular formula is C16H24N2O4S. The minimum atomic E-state index is -3.49. The molecule has 1 N–H and O–H groups in total. The number of carbonyl (C=O) groups is 1. The number of benzene rings is 1. The zero-order valence-electron chi connectivity index (χ0n) is 13.8. The van der Waals surface area contributed by atoms with E-state index in [9.17, 15) is 13.2 Å². The predicted octanol–water partition coefficient (Wildman–Crippen LogP) is 1.47. The molecule has 0 saturated carbocycles. The molecule has 0 bridgehead atoms. The summed E-state index contributed by atoms with van der Waals surface area (Å²) in [6.07, 6.45) is 1.29. The molecular weight excluding hydrogens is 316 g/mol. The summed E-state index contributed by atoms with van der Waals surface area (Å²) in [5.74, 6) is -0.863. The lowest BCUT2D eigenvalue weighted by Gasteiger charge is -2.35. The van der Waals surface area contributed by atoms with E-state index in [0.29, 0.717) is 30.8 Å². The third-order valence-electron chi connectivity index (χ3n) is 4.39. The van der Waals surface area contributed by atoms with Crippen molar-refractivity contribution in [1.82, 2.24) is 9.21 Å². The van der Waals surface area contributed by atoms with Crippen LogP contribution in [0.15, 0.2) is 23.1 Å². The van der Waals surface area contributed by atoms with Crippen LogP contribution in [0, 0.1) is 13.8 Å². The molecule has 1 aliphatic rings. The lowest BCUT2D eigenvalue weighted by atomic mass is 10.1. The topological polar surface area (TPSA) is 77.9 Å². The fraction of sp³-hybridized carbons (Fsp3) is 0.562. The molecule has 1 heterocycles. The maximum absolute atomic E-state index is 12.8. The monoisotopic (exact) mass is 340 g/mol. The van der Waals surface area contributed by atoms with Gasteiger partial charge in [0.25, 0.3) is 0 Å². The van der Waals surface area contributed by atoms with Gasteiger partial charge in [0.2, 0.25) is 10.0 Å². The van der Waals surface area contributed by atoms with Crippen molar-refractivity contribution in [2.75, 3.05) is 26.7 Å². The summed E-state index contributed by atoms with van der Waals surface area (Å²) in [6, 6.07) is 5.56. The first kappa shape index (κ1) is 17.9. The number of nitrogens with zero attached hydrogens (tertiary/aromatic N) is 2. The fourth-order valence-corrected chi connectivity index (χ4v) is 4.77. The summed E-state index contributed by atoms with van der Waals surface area (Å²) >= 11 is 0. The lowest BCUT2D eigenvalue weighted by molar-refractivity contribution is -0.138. The molecule has 0 aliphatic carbocycles. The summed E-state index contributed by atoms with van der Waals surface area (Å²) < 4.78 is 27.2. The van der Waals surface area contributed by atoms with Gasteiger partial charge < -0.3 is 5.11 Å². The van der Waals surface area contributed by atoms with Gasteiger partial charge in [-0.05, 0) is 50.9 Å². The molecule has 1 saturated heterocycles. The van der Waals surface area contributed by atoms with E-state index < -0.39 is 16.0 Å². The van der Waals surface area contributed by atoms with Gasteiger partial charge in [-0.15, -0.1) is 0 Å². The largest absolute Gasteiger partial charge is 0.480 e. The van der Waals surface area contributed by atoms with Crippen LogP contribution in [0.1, 0.15) is 24.0 Å². The van der Waals surface area contributed by atoms with Crippen LogP contribution < -0.4 is 0 Å². The number of carboxylic acids is 1. The Bertz CT molecular complexity index is 679. The van der Waals surface area contributed by atoms with E-state index in [1.807, 2.05) is 19.1 Å². The Morgan fingerprint density at radius 1 is 1.30 bits per heavy atom. The summed E-state index contributed by atoms with van der Waals surface area (Å²) in [6.45, 7) is 4.51. The normalized spacial score (nSPS) is 17.6. The lowest BCUT2D eigenvalue weighted by Crippen LogP contribution is -2.46. The maximum atomic E-state index is 12.8. The Balaban J connectivity index is 2.10. The minimum Gasteiger partial charge on any atom is -0.480 e. The molecule has 128 valence electrons. The van der Waals surface area contributed by atoms with Crippen molar-refractivity contribution in [3.8, 4) is 0 Å². The molecule has 7 heteroatoms. The molecule has 0 amide bonds. The third kappa shape index (κ3) is 4.10. The number of carboxylic acid groups (broad SMARTS) is 1. The maximum Gasteiger partial charge on any atom is 0.317 e. The summed E-state index contributed by atoms with van der Waals surface area (Å²) in [7, 11) is -1.72. The number of aryl methyl sites for hydroxylation is 2. The first-order chi connectivity index (χ1) is 10.7. The summed E-state index contributed by atoms with van der Waals surface area (Å²) in [5, 5.41) is 8.85. The van der Waals surface area contributed by atoms with Crippen LogP contribution in [-0.2, 0) is 14.8 Å². The molecule has 0 aromatic heterocycles. The van der Waals surface area contributed by atoms with Gasteiger partial charge in [-0.2, -0.15) is 4.31 Å². The highest BCUT2D eigenvalue weighted by Crippen LogP contribution is 2.25. The minimum absolute atomic E-state index is 0.0194. The Hall–Kier alpha value is -1.44. The zero-order chi connectivity index (χ0) is 17.2. The standard InChI is InChI=1S/C16H24N2O4S/c1-12-4-5-13(2)15(10-12)23(21,22)18-8-6-14(7-9-18)17(3)11-16(19)20/h4-5,10,14H,6-9,11H2,1-3H3,(H,19,20). The van der Waals surface area contributed by atoms with Crippen molar-refractivity contribution in [2.24, 2.45) is 0 Å². The third-order valence-corrected chi connectivity index (χ3v) is 6.43. The molecule has 1 aliphatic heterocycles. The second-order valence-corrected chi connectivity index (χ2v) is 8.12. The summed E-state index contributed by atoms with van der Waals surface area (Å²) in [4.78, 5) is 12.9. The van der Waals surface area contributed by atoms with Crippen molar-refractivity contribution >= 4 is 16.0 Å². The Labute approximate surface area is 137 Å². The van der Waals surface area contributed by atoms with Crippen molar-refractivity contribution < 1.29 is 18.3 Å². The van der Waals surface area contributed by atoms with Crippen LogP contribution in [0.2, 0.25) is 0 Å². The van der Waals surface area contributed by atoms with Gasteiger partial charge in [0.1, 0.15) is 0 Å². The Morgan fingerprint density at radius 3 is 2.48 bits per heavy atom. The number of aliphatic carboxylic acids is 1. The van der Waals surface area contributed by atoms with Crippen LogP contribution in [0.4, 0.5) is 0 Å². The number of likely N-dealkylation sites (N-methyl/N-ethyl adjacent to an activating group) is 1. The number of hydrogen-bond acceptors (Lipinski definition) is 4. The number of rotatable bonds is 5.